The second-order valence-electron chi connectivity index (χ2n) is 6.30. The Labute approximate surface area is 166 Å². The van der Waals surface area contributed by atoms with Crippen molar-refractivity contribution in [2.24, 2.45) is 5.92 Å². The van der Waals surface area contributed by atoms with E-state index in [0.717, 1.165) is 12.8 Å². The van der Waals surface area contributed by atoms with E-state index in [1.165, 1.54) is 0 Å². The van der Waals surface area contributed by atoms with E-state index < -0.39 is 20.6 Å². The van der Waals surface area contributed by atoms with Crippen LogP contribution < -0.4 is 0 Å². The summed E-state index contributed by atoms with van der Waals surface area (Å²) >= 11 is 0. The fourth-order valence-electron chi connectivity index (χ4n) is 3.87. The molecule has 0 saturated carbocycles. The second kappa shape index (κ2) is 11.8. The zero-order chi connectivity index (χ0) is 20.4. The van der Waals surface area contributed by atoms with Crippen LogP contribution in [0.3, 0.4) is 0 Å². The van der Waals surface area contributed by atoms with Gasteiger partial charge in [0.15, 0.2) is 0 Å². The van der Waals surface area contributed by atoms with Gasteiger partial charge in [-0.2, -0.15) is 0 Å². The molecule has 8 heteroatoms. The smallest absolute Gasteiger partial charge is 0.374 e. The van der Waals surface area contributed by atoms with Crippen LogP contribution in [0.5, 0.6) is 0 Å². The molecule has 0 radical (unpaired) electrons. The van der Waals surface area contributed by atoms with Gasteiger partial charge < -0.3 is 32.2 Å². The van der Waals surface area contributed by atoms with Gasteiger partial charge in [-0.1, -0.05) is 13.3 Å². The predicted octanol–water partition coefficient (Wildman–Crippen LogP) is 3.94. The summed E-state index contributed by atoms with van der Waals surface area (Å²) in [6, 6.07) is 0.602. The molecule has 162 valence electrons. The molecule has 1 unspecified atom stereocenters. The lowest BCUT2D eigenvalue weighted by molar-refractivity contribution is -0.501. The first-order chi connectivity index (χ1) is 13.0. The molecule has 0 aliphatic carbocycles. The Bertz CT molecular complexity index is 390. The van der Waals surface area contributed by atoms with E-state index in [2.05, 4.69) is 6.92 Å². The maximum atomic E-state index is 6.52. The van der Waals surface area contributed by atoms with Crippen LogP contribution in [-0.4, -0.2) is 60.2 Å². The standard InChI is InChI=1S/C19H40O7Si/c1-8-15-17-16-27(24-13-6,25-14-7)26-19(22-11-4,23-12-5)18(17,20-9-2)21-10-3/h17H,8-16H2,1-7H3. The molecule has 0 spiro atoms. The van der Waals surface area contributed by atoms with Gasteiger partial charge in [0.1, 0.15) is 0 Å². The second-order valence-corrected chi connectivity index (χ2v) is 8.85. The van der Waals surface area contributed by atoms with Gasteiger partial charge in [-0.15, -0.1) is 0 Å². The van der Waals surface area contributed by atoms with Crippen LogP contribution in [0.15, 0.2) is 0 Å². The van der Waals surface area contributed by atoms with E-state index >= 15 is 0 Å². The summed E-state index contributed by atoms with van der Waals surface area (Å²) in [5.41, 5.74) is 0. The van der Waals surface area contributed by atoms with E-state index in [0.29, 0.717) is 45.7 Å². The van der Waals surface area contributed by atoms with Crippen molar-refractivity contribution >= 4 is 8.80 Å². The van der Waals surface area contributed by atoms with Crippen LogP contribution in [-0.2, 0) is 32.2 Å². The quantitative estimate of drug-likeness (QED) is 0.318. The molecule has 7 nitrogen and oxygen atoms in total. The summed E-state index contributed by atoms with van der Waals surface area (Å²) in [6.45, 7) is 16.4. The molecule has 1 aliphatic heterocycles. The van der Waals surface area contributed by atoms with Crippen molar-refractivity contribution in [3.8, 4) is 0 Å². The molecule has 1 saturated heterocycles. The Kier molecular flexibility index (Phi) is 10.9. The van der Waals surface area contributed by atoms with Crippen molar-refractivity contribution in [3.05, 3.63) is 0 Å². The molecule has 0 bridgehead atoms. The van der Waals surface area contributed by atoms with Gasteiger partial charge in [-0.05, 0) is 48.0 Å². The number of hydrogen-bond acceptors (Lipinski definition) is 7. The van der Waals surface area contributed by atoms with Crippen molar-refractivity contribution in [2.75, 3.05) is 39.6 Å². The fraction of sp³-hybridized carbons (Fsp3) is 1.00. The highest BCUT2D eigenvalue weighted by Gasteiger charge is 2.72. The summed E-state index contributed by atoms with van der Waals surface area (Å²) in [7, 11) is -3.05. The molecule has 27 heavy (non-hydrogen) atoms. The molecule has 1 rings (SSSR count). The van der Waals surface area contributed by atoms with Gasteiger partial charge in [0.05, 0.1) is 0 Å². The minimum absolute atomic E-state index is 0.0426. The molecule has 0 N–H and O–H groups in total. The fourth-order valence-corrected chi connectivity index (χ4v) is 7.01. The zero-order valence-electron chi connectivity index (χ0n) is 18.3. The summed E-state index contributed by atoms with van der Waals surface area (Å²) in [5.74, 6) is -2.75. The maximum absolute atomic E-state index is 6.52. The molecule has 0 aromatic heterocycles. The monoisotopic (exact) mass is 408 g/mol. The first kappa shape index (κ1) is 25.0. The van der Waals surface area contributed by atoms with E-state index in [9.17, 15) is 0 Å². The van der Waals surface area contributed by atoms with Crippen LogP contribution in [0.1, 0.15) is 61.3 Å². The lowest BCUT2D eigenvalue weighted by atomic mass is 9.92. The van der Waals surface area contributed by atoms with Crippen molar-refractivity contribution in [2.45, 2.75) is 79.1 Å². The highest BCUT2D eigenvalue weighted by molar-refractivity contribution is 6.61. The Morgan fingerprint density at radius 3 is 1.59 bits per heavy atom. The summed E-state index contributed by atoms with van der Waals surface area (Å²) in [5, 5.41) is 0. The largest absolute Gasteiger partial charge is 0.505 e. The zero-order valence-corrected chi connectivity index (χ0v) is 19.3. The highest BCUT2D eigenvalue weighted by Crippen LogP contribution is 2.51. The van der Waals surface area contributed by atoms with Crippen LogP contribution in [0, 0.1) is 5.92 Å². The van der Waals surface area contributed by atoms with E-state index in [1.54, 1.807) is 0 Å². The van der Waals surface area contributed by atoms with Gasteiger partial charge in [0.25, 0.3) is 5.79 Å². The minimum Gasteiger partial charge on any atom is -0.374 e. The van der Waals surface area contributed by atoms with Crippen molar-refractivity contribution < 1.29 is 32.2 Å². The van der Waals surface area contributed by atoms with Crippen LogP contribution in [0.25, 0.3) is 0 Å². The van der Waals surface area contributed by atoms with Gasteiger partial charge in [-0.3, -0.25) is 0 Å². The third-order valence-electron chi connectivity index (χ3n) is 4.50. The minimum atomic E-state index is -3.05. The van der Waals surface area contributed by atoms with E-state index in [4.69, 9.17) is 32.2 Å². The van der Waals surface area contributed by atoms with Crippen LogP contribution >= 0.6 is 0 Å². The van der Waals surface area contributed by atoms with Gasteiger partial charge >= 0.3 is 14.8 Å². The number of hydrogen-bond donors (Lipinski definition) is 0. The van der Waals surface area contributed by atoms with E-state index in [-0.39, 0.29) is 5.92 Å². The molecule has 1 aliphatic rings. The predicted molar refractivity (Wildman–Crippen MR) is 105 cm³/mol. The van der Waals surface area contributed by atoms with E-state index in [1.807, 2.05) is 41.5 Å². The molecule has 0 amide bonds. The first-order valence-corrected chi connectivity index (χ1v) is 12.5. The topological polar surface area (TPSA) is 64.6 Å². The molecule has 1 atom stereocenters. The Morgan fingerprint density at radius 2 is 1.22 bits per heavy atom. The van der Waals surface area contributed by atoms with Crippen LogP contribution in [0.4, 0.5) is 0 Å². The summed E-state index contributed by atoms with van der Waals surface area (Å²) < 4.78 is 43.5. The Morgan fingerprint density at radius 1 is 0.741 bits per heavy atom. The molecule has 1 fully saturated rings. The molecule has 0 aromatic rings. The number of ether oxygens (including phenoxy) is 4. The lowest BCUT2D eigenvalue weighted by Gasteiger charge is -2.56. The van der Waals surface area contributed by atoms with Gasteiger partial charge in [-0.25, -0.2) is 0 Å². The van der Waals surface area contributed by atoms with Crippen molar-refractivity contribution in [1.82, 2.24) is 0 Å². The van der Waals surface area contributed by atoms with Gasteiger partial charge in [0.2, 0.25) is 0 Å². The highest BCUT2D eigenvalue weighted by atomic mass is 28.4. The average molecular weight is 409 g/mol. The Hall–Kier alpha value is -0.0631. The molecule has 0 aromatic carbocycles. The summed E-state index contributed by atoms with van der Waals surface area (Å²) in [6.07, 6.45) is 1.82. The van der Waals surface area contributed by atoms with Crippen LogP contribution in [0.2, 0.25) is 6.04 Å². The SMILES string of the molecule is CCCC1C[Si](OCC)(OCC)OC(OCC)(OCC)C1(OCC)OCC. The third-order valence-corrected chi connectivity index (χ3v) is 7.53. The molecule has 1 heterocycles. The summed E-state index contributed by atoms with van der Waals surface area (Å²) in [4.78, 5) is 0. The normalized spacial score (nSPS) is 23.4. The maximum Gasteiger partial charge on any atom is 0.505 e. The molecular weight excluding hydrogens is 368 g/mol. The third kappa shape index (κ3) is 5.30. The van der Waals surface area contributed by atoms with Crippen molar-refractivity contribution in [1.29, 1.82) is 0 Å². The first-order valence-electron chi connectivity index (χ1n) is 10.5. The van der Waals surface area contributed by atoms with Gasteiger partial charge in [0, 0.05) is 51.6 Å². The average Bonchev–Trinajstić information content (AvgIpc) is 2.61. The lowest BCUT2D eigenvalue weighted by Crippen LogP contribution is -2.75. The van der Waals surface area contributed by atoms with Crippen molar-refractivity contribution in [3.63, 3.8) is 0 Å². The Balaban J connectivity index is 3.58. The molecular formula is C19H40O7Si. The number of rotatable bonds is 14.